The first-order chi connectivity index (χ1) is 47.9. The van der Waals surface area contributed by atoms with Crippen LogP contribution in [0.3, 0.4) is 0 Å². The fraction of sp³-hybridized carbons (Fsp3) is 0.452. The normalized spacial score (nSPS) is 18.5. The van der Waals surface area contributed by atoms with Gasteiger partial charge in [0.2, 0.25) is 47.3 Å². The maximum absolute atomic E-state index is 15.1. The molecular formula is C73H91N13O12S2. The summed E-state index contributed by atoms with van der Waals surface area (Å²) in [4.78, 5) is 187. The average molecular weight is 1410 g/mol. The summed E-state index contributed by atoms with van der Waals surface area (Å²) < 4.78 is 0. The Hall–Kier alpha value is -9.68. The van der Waals surface area contributed by atoms with E-state index in [9.17, 15) is 43.2 Å². The molecule has 100 heavy (non-hydrogen) atoms. The van der Waals surface area contributed by atoms with Crippen LogP contribution in [0.4, 0.5) is 0 Å². The molecule has 0 radical (unpaired) electrons. The van der Waals surface area contributed by atoms with E-state index in [1.165, 1.54) is 55.5 Å². The van der Waals surface area contributed by atoms with Gasteiger partial charge in [-0.3, -0.25) is 57.5 Å². The summed E-state index contributed by atoms with van der Waals surface area (Å²) in [5.41, 5.74) is 16.4. The van der Waals surface area contributed by atoms with E-state index in [1.807, 2.05) is 55.5 Å². The molecule has 7 rings (SSSR count). The van der Waals surface area contributed by atoms with Crippen molar-refractivity contribution >= 4 is 105 Å². The number of hydrogen-bond acceptors (Lipinski definition) is 16. The lowest BCUT2D eigenvalue weighted by atomic mass is 9.84. The highest BCUT2D eigenvalue weighted by Crippen LogP contribution is 2.28. The summed E-state index contributed by atoms with van der Waals surface area (Å²) in [6, 6.07) is 16.0. The van der Waals surface area contributed by atoms with Crippen molar-refractivity contribution in [1.29, 1.82) is 0 Å². The van der Waals surface area contributed by atoms with Crippen molar-refractivity contribution in [3.63, 3.8) is 0 Å². The first-order valence-electron chi connectivity index (χ1n) is 33.6. The minimum Gasteiger partial charge on any atom is -0.370 e. The smallest absolute Gasteiger partial charge is 0.244 e. The van der Waals surface area contributed by atoms with Crippen LogP contribution < -0.4 is 43.4 Å². The molecule has 11 atom stereocenters. The highest BCUT2D eigenvalue weighted by atomic mass is 32.2. The second kappa shape index (κ2) is 38.6. The third-order valence-corrected chi connectivity index (χ3v) is 20.2. The molecule has 0 saturated heterocycles. The summed E-state index contributed by atoms with van der Waals surface area (Å²) in [5.74, 6) is -9.85. The molecule has 13 N–H and O–H groups in total. The zero-order chi connectivity index (χ0) is 72.4. The second-order valence-electron chi connectivity index (χ2n) is 26.0. The number of hydrogen-bond donors (Lipinski definition) is 11. The van der Waals surface area contributed by atoms with Gasteiger partial charge in [0.1, 0.15) is 12.1 Å². The van der Waals surface area contributed by atoms with Crippen molar-refractivity contribution < 1.29 is 57.5 Å². The highest BCUT2D eigenvalue weighted by Gasteiger charge is 2.38. The summed E-state index contributed by atoms with van der Waals surface area (Å²) in [7, 11) is 0. The molecule has 1 unspecified atom stereocenters. The number of nitrogens with two attached hydrogens (primary N) is 2. The number of para-hydroxylation sites is 1. The molecular weight excluding hydrogens is 1320 g/mol. The minimum atomic E-state index is -1.52. The van der Waals surface area contributed by atoms with Crippen molar-refractivity contribution in [2.45, 2.75) is 159 Å². The fourth-order valence-corrected chi connectivity index (χ4v) is 14.1. The van der Waals surface area contributed by atoms with Gasteiger partial charge >= 0.3 is 0 Å². The minimum absolute atomic E-state index is 0.00423. The van der Waals surface area contributed by atoms with Crippen molar-refractivity contribution in [2.24, 2.45) is 47.0 Å². The molecule has 6 aromatic rings. The first-order valence-corrected chi connectivity index (χ1v) is 35.9. The SMILES string of the molecule is C#CCCC(=O)N[C@H](C(=O)C[C@@H]1CSCc2ccccc2CSC[C@H](C(=O)N[C@@H](Cc2ccccc2)C(=O)N[C@@H](Cc2cnc[nH]2)C(=O)CC(C(=O)N[C@@H](Cc2c[nH]c3ccccc23)C(=O)C[C@@H](Cc2cnc[nH]2)C(N)=O)[C@@H](C)CC)NC(=O)[C@H](C)CC(=O)[C@H](CC(N)=O)NC1=O)C(C)C. The van der Waals surface area contributed by atoms with Gasteiger partial charge in [-0.1, -0.05) is 114 Å². The van der Waals surface area contributed by atoms with Gasteiger partial charge in [0, 0.05) is 140 Å². The number of imidazole rings is 2. The number of ketones is 4. The number of amides is 8. The molecule has 0 bridgehead atoms. The van der Waals surface area contributed by atoms with E-state index >= 15 is 14.4 Å². The Balaban J connectivity index is 1.14. The highest BCUT2D eigenvalue weighted by molar-refractivity contribution is 7.98. The summed E-state index contributed by atoms with van der Waals surface area (Å²) in [5, 5.41) is 17.7. The summed E-state index contributed by atoms with van der Waals surface area (Å²) >= 11 is 2.65. The monoisotopic (exact) mass is 1410 g/mol. The molecule has 3 aromatic heterocycles. The molecule has 3 aromatic carbocycles. The summed E-state index contributed by atoms with van der Waals surface area (Å²) in [6.45, 7) is 8.61. The Morgan fingerprint density at radius 3 is 1.92 bits per heavy atom. The number of Topliss-reactive ketones (excluding diaryl/α,β-unsaturated/α-hetero) is 4. The van der Waals surface area contributed by atoms with Crippen LogP contribution in [0.15, 0.2) is 110 Å². The molecule has 532 valence electrons. The Kier molecular flexibility index (Phi) is 30.0. The van der Waals surface area contributed by atoms with Crippen molar-refractivity contribution in [3.8, 4) is 12.3 Å². The molecule has 0 spiro atoms. The number of carbonyl (C=O) groups excluding carboxylic acids is 12. The van der Waals surface area contributed by atoms with Crippen LogP contribution >= 0.6 is 23.5 Å². The van der Waals surface area contributed by atoms with Gasteiger partial charge < -0.3 is 58.3 Å². The lowest BCUT2D eigenvalue weighted by molar-refractivity contribution is -0.136. The van der Waals surface area contributed by atoms with Crippen LogP contribution in [-0.4, -0.2) is 143 Å². The number of fused-ring (bicyclic) bond motifs is 2. The third kappa shape index (κ3) is 23.5. The molecule has 25 nitrogen and oxygen atoms in total. The van der Waals surface area contributed by atoms with E-state index in [0.717, 1.165) is 27.6 Å². The maximum atomic E-state index is 15.1. The largest absolute Gasteiger partial charge is 0.370 e. The Bertz CT molecular complexity index is 3850. The molecule has 0 saturated carbocycles. The Morgan fingerprint density at radius 2 is 1.29 bits per heavy atom. The van der Waals surface area contributed by atoms with Gasteiger partial charge in [0.25, 0.3) is 0 Å². The lowest BCUT2D eigenvalue weighted by Gasteiger charge is -2.28. The molecule has 27 heteroatoms. The molecule has 4 heterocycles. The number of nitrogens with zero attached hydrogens (tertiary/aromatic N) is 2. The predicted molar refractivity (Wildman–Crippen MR) is 381 cm³/mol. The fourth-order valence-electron chi connectivity index (χ4n) is 11.9. The van der Waals surface area contributed by atoms with Gasteiger partial charge in [0.15, 0.2) is 23.1 Å². The lowest BCUT2D eigenvalue weighted by Crippen LogP contribution is -2.58. The van der Waals surface area contributed by atoms with Gasteiger partial charge in [-0.05, 0) is 40.2 Å². The molecule has 0 aliphatic carbocycles. The van der Waals surface area contributed by atoms with Gasteiger partial charge in [-0.2, -0.15) is 23.5 Å². The molecule has 1 aliphatic rings. The topological polar surface area (TPSA) is 402 Å². The van der Waals surface area contributed by atoms with Gasteiger partial charge in [-0.15, -0.1) is 12.3 Å². The standard InChI is InChI=1S/C73H91N13O12S2/c1-7-9-23-66(92)86-67(42(3)4)64(90)29-50-38-99-36-46-19-13-14-20-47(46)37-100-39-60(85-69(94)44(6)24-61(87)58(32-65(74)91)81-70(50)95)73(98)84-59(25-45-17-11-10-12-18-45)72(97)83-57(30-52-35-77-41-80-52)63(89)31-54(43(5)8-2)71(96)82-56(27-49-33-78-55-22-16-15-21-53(49)55)62(88)28-48(68(75)93)26-51-34-76-40-79-51/h1,10-22,33-35,40-44,48,50,54,56-60,67,78H,8-9,23-32,36-39H2,2-6H3,(H2,74,91)(H2,75,93)(H,76,79)(H,77,80)(H,81,95)(H,82,96)(H,83,97)(H,84,98)(H,85,94)(H,86,92)/t43-,44+,48+,50+,54?,56-,57-,58-,59-,60+,67-/m0/s1. The molecule has 1 aliphatic heterocycles. The Morgan fingerprint density at radius 1 is 0.670 bits per heavy atom. The number of nitrogens with one attached hydrogen (secondary N) is 9. The number of H-pyrrole nitrogens is 3. The van der Waals surface area contributed by atoms with Crippen LogP contribution in [0.2, 0.25) is 0 Å². The van der Waals surface area contributed by atoms with Crippen LogP contribution in [0.1, 0.15) is 120 Å². The van der Waals surface area contributed by atoms with E-state index in [-0.39, 0.29) is 68.8 Å². The average Bonchev–Trinajstić information content (AvgIpc) is 1.62. The third-order valence-electron chi connectivity index (χ3n) is 17.9. The number of benzene rings is 3. The molecule has 8 amide bonds. The maximum Gasteiger partial charge on any atom is 0.244 e. The number of aromatic amines is 3. The first kappa shape index (κ1) is 77.7. The van der Waals surface area contributed by atoms with Crippen molar-refractivity contribution in [2.75, 3.05) is 11.5 Å². The van der Waals surface area contributed by atoms with Crippen molar-refractivity contribution in [1.82, 2.24) is 56.8 Å². The van der Waals surface area contributed by atoms with Crippen LogP contribution in [0.25, 0.3) is 10.9 Å². The van der Waals surface area contributed by atoms with Gasteiger partial charge in [-0.25, -0.2) is 9.97 Å². The number of aromatic nitrogens is 5. The van der Waals surface area contributed by atoms with E-state index in [1.54, 1.807) is 57.3 Å². The predicted octanol–water partition coefficient (Wildman–Crippen LogP) is 4.77. The quantitative estimate of drug-likeness (QED) is 0.0253. The van der Waals surface area contributed by atoms with Crippen molar-refractivity contribution in [3.05, 3.63) is 144 Å². The zero-order valence-electron chi connectivity index (χ0n) is 57.0. The number of carbonyl (C=O) groups is 12. The Labute approximate surface area is 590 Å². The van der Waals surface area contributed by atoms with E-state index < -0.39 is 155 Å². The summed E-state index contributed by atoms with van der Waals surface area (Å²) in [6.07, 6.45) is 11.3. The van der Waals surface area contributed by atoms with E-state index in [2.05, 4.69) is 62.7 Å². The number of terminal acetylenes is 1. The van der Waals surface area contributed by atoms with Crippen LogP contribution in [0, 0.1) is 47.9 Å². The van der Waals surface area contributed by atoms with Crippen LogP contribution in [0.5, 0.6) is 0 Å². The number of primary amides is 2. The number of thioether (sulfide) groups is 2. The number of rotatable bonds is 32. The zero-order valence-corrected chi connectivity index (χ0v) is 58.6. The van der Waals surface area contributed by atoms with E-state index in [0.29, 0.717) is 34.9 Å². The van der Waals surface area contributed by atoms with E-state index in [4.69, 9.17) is 17.9 Å². The second-order valence-corrected chi connectivity index (χ2v) is 28.0. The van der Waals surface area contributed by atoms with Crippen LogP contribution in [-0.2, 0) is 94.7 Å². The van der Waals surface area contributed by atoms with Gasteiger partial charge in [0.05, 0.1) is 55.1 Å². The molecule has 0 fully saturated rings.